The van der Waals surface area contributed by atoms with Gasteiger partial charge in [0.05, 0.1) is 11.0 Å². The third-order valence-corrected chi connectivity index (χ3v) is 3.67. The summed E-state index contributed by atoms with van der Waals surface area (Å²) in [7, 11) is 0. The number of carboxylic acid groups (broad SMARTS) is 1. The average molecular weight is 242 g/mol. The van der Waals surface area contributed by atoms with E-state index in [1.165, 1.54) is 0 Å². The van der Waals surface area contributed by atoms with Crippen molar-refractivity contribution in [3.05, 3.63) is 0 Å². The van der Waals surface area contributed by atoms with Crippen molar-refractivity contribution in [2.24, 2.45) is 17.1 Å². The molecule has 1 amide bonds. The average Bonchev–Trinajstić information content (AvgIpc) is 2.60. The van der Waals surface area contributed by atoms with Crippen LogP contribution < -0.4 is 5.73 Å². The zero-order valence-electron chi connectivity index (χ0n) is 11.0. The minimum atomic E-state index is -0.939. The zero-order chi connectivity index (χ0) is 13.4. The first-order valence-electron chi connectivity index (χ1n) is 5.93. The van der Waals surface area contributed by atoms with Crippen molar-refractivity contribution in [3.8, 4) is 0 Å². The predicted molar refractivity (Wildman–Crippen MR) is 64.4 cm³/mol. The van der Waals surface area contributed by atoms with E-state index in [9.17, 15) is 14.7 Å². The number of nitrogens with zero attached hydrogens (tertiary/aromatic N) is 1. The summed E-state index contributed by atoms with van der Waals surface area (Å²) in [4.78, 5) is 25.0. The second kappa shape index (κ2) is 4.29. The lowest BCUT2D eigenvalue weighted by Gasteiger charge is -2.30. The zero-order valence-corrected chi connectivity index (χ0v) is 11.0. The van der Waals surface area contributed by atoms with Crippen LogP contribution >= 0.6 is 0 Å². The molecule has 1 atom stereocenters. The van der Waals surface area contributed by atoms with E-state index in [1.807, 2.05) is 13.8 Å². The molecule has 1 aliphatic rings. The largest absolute Gasteiger partial charge is 0.481 e. The van der Waals surface area contributed by atoms with Crippen molar-refractivity contribution in [2.45, 2.75) is 39.7 Å². The molecule has 0 aromatic heterocycles. The van der Waals surface area contributed by atoms with Crippen molar-refractivity contribution >= 4 is 11.9 Å². The molecule has 0 bridgehead atoms. The van der Waals surface area contributed by atoms with Gasteiger partial charge in [0.25, 0.3) is 0 Å². The standard InChI is InChI=1S/C12H22N2O3/c1-8(2)12(10(16)17)5-6-14(7-12)9(15)11(3,4)13/h8H,5-7,13H2,1-4H3,(H,16,17). The van der Waals surface area contributed by atoms with Gasteiger partial charge in [-0.1, -0.05) is 13.8 Å². The molecule has 1 unspecified atom stereocenters. The summed E-state index contributed by atoms with van der Waals surface area (Å²) in [6.45, 7) is 7.80. The Labute approximate surface area is 102 Å². The molecule has 17 heavy (non-hydrogen) atoms. The van der Waals surface area contributed by atoms with Gasteiger partial charge in [-0.15, -0.1) is 0 Å². The third kappa shape index (κ3) is 2.44. The summed E-state index contributed by atoms with van der Waals surface area (Å²) in [6.07, 6.45) is 0.502. The Bertz CT molecular complexity index is 333. The summed E-state index contributed by atoms with van der Waals surface area (Å²) in [6, 6.07) is 0. The molecule has 0 saturated carbocycles. The number of hydrogen-bond donors (Lipinski definition) is 2. The lowest BCUT2D eigenvalue weighted by atomic mass is 9.76. The molecular weight excluding hydrogens is 220 g/mol. The van der Waals surface area contributed by atoms with Gasteiger partial charge < -0.3 is 15.7 Å². The highest BCUT2D eigenvalue weighted by Crippen LogP contribution is 2.38. The Morgan fingerprint density at radius 2 is 1.94 bits per heavy atom. The van der Waals surface area contributed by atoms with E-state index < -0.39 is 16.9 Å². The summed E-state index contributed by atoms with van der Waals surface area (Å²) in [5.41, 5.74) is 4.00. The van der Waals surface area contributed by atoms with Gasteiger partial charge in [-0.25, -0.2) is 0 Å². The number of carbonyl (C=O) groups excluding carboxylic acids is 1. The van der Waals surface area contributed by atoms with Gasteiger partial charge in [-0.05, 0) is 26.2 Å². The fourth-order valence-corrected chi connectivity index (χ4v) is 2.31. The van der Waals surface area contributed by atoms with E-state index in [4.69, 9.17) is 5.73 Å². The molecule has 0 aromatic carbocycles. The maximum absolute atomic E-state index is 12.0. The van der Waals surface area contributed by atoms with E-state index in [-0.39, 0.29) is 18.4 Å². The van der Waals surface area contributed by atoms with Crippen LogP contribution in [0.2, 0.25) is 0 Å². The molecule has 0 radical (unpaired) electrons. The number of likely N-dealkylation sites (tertiary alicyclic amines) is 1. The number of hydrogen-bond acceptors (Lipinski definition) is 3. The number of aliphatic carboxylic acids is 1. The highest BCUT2D eigenvalue weighted by molar-refractivity contribution is 5.87. The summed E-state index contributed by atoms with van der Waals surface area (Å²) >= 11 is 0. The van der Waals surface area contributed by atoms with Crippen LogP contribution in [0.1, 0.15) is 34.1 Å². The normalized spacial score (nSPS) is 25.4. The molecule has 3 N–H and O–H groups in total. The lowest BCUT2D eigenvalue weighted by molar-refractivity contribution is -0.151. The molecule has 98 valence electrons. The highest BCUT2D eigenvalue weighted by atomic mass is 16.4. The van der Waals surface area contributed by atoms with Crippen LogP contribution in [0.15, 0.2) is 0 Å². The molecule has 1 fully saturated rings. The van der Waals surface area contributed by atoms with E-state index >= 15 is 0 Å². The minimum absolute atomic E-state index is 0.00122. The van der Waals surface area contributed by atoms with Crippen LogP contribution in [0.5, 0.6) is 0 Å². The molecule has 1 rings (SSSR count). The van der Waals surface area contributed by atoms with Crippen molar-refractivity contribution in [3.63, 3.8) is 0 Å². The second-order valence-electron chi connectivity index (χ2n) is 5.81. The first-order chi connectivity index (χ1) is 7.61. The van der Waals surface area contributed by atoms with Crippen LogP contribution in [0.4, 0.5) is 0 Å². The van der Waals surface area contributed by atoms with Crippen LogP contribution in [0, 0.1) is 11.3 Å². The lowest BCUT2D eigenvalue weighted by Crippen LogP contribution is -2.51. The smallest absolute Gasteiger partial charge is 0.311 e. The van der Waals surface area contributed by atoms with Gasteiger partial charge >= 0.3 is 5.97 Å². The maximum Gasteiger partial charge on any atom is 0.311 e. The van der Waals surface area contributed by atoms with Crippen molar-refractivity contribution in [1.29, 1.82) is 0 Å². The fourth-order valence-electron chi connectivity index (χ4n) is 2.31. The van der Waals surface area contributed by atoms with Gasteiger partial charge in [0.1, 0.15) is 0 Å². The van der Waals surface area contributed by atoms with Gasteiger partial charge in [-0.3, -0.25) is 9.59 Å². The SMILES string of the molecule is CC(C)C1(C(=O)O)CCN(C(=O)C(C)(C)N)C1. The molecule has 1 aliphatic heterocycles. The molecule has 0 aromatic rings. The number of rotatable bonds is 3. The first-order valence-corrected chi connectivity index (χ1v) is 5.93. The summed E-state index contributed by atoms with van der Waals surface area (Å²) < 4.78 is 0. The Morgan fingerprint density at radius 3 is 2.24 bits per heavy atom. The molecule has 0 spiro atoms. The summed E-state index contributed by atoms with van der Waals surface area (Å²) in [5.74, 6) is -1.00. The van der Waals surface area contributed by atoms with E-state index in [2.05, 4.69) is 0 Å². The van der Waals surface area contributed by atoms with Gasteiger partial charge in [-0.2, -0.15) is 0 Å². The van der Waals surface area contributed by atoms with Crippen molar-refractivity contribution < 1.29 is 14.7 Å². The van der Waals surface area contributed by atoms with Crippen molar-refractivity contribution in [1.82, 2.24) is 4.90 Å². The Kier molecular flexibility index (Phi) is 3.52. The second-order valence-corrected chi connectivity index (χ2v) is 5.81. The van der Waals surface area contributed by atoms with E-state index in [0.29, 0.717) is 13.0 Å². The van der Waals surface area contributed by atoms with E-state index in [0.717, 1.165) is 0 Å². The van der Waals surface area contributed by atoms with Crippen molar-refractivity contribution in [2.75, 3.05) is 13.1 Å². The molecule has 1 heterocycles. The molecule has 5 nitrogen and oxygen atoms in total. The Hall–Kier alpha value is -1.10. The molecule has 5 heteroatoms. The van der Waals surface area contributed by atoms with Crippen LogP contribution in [0.25, 0.3) is 0 Å². The van der Waals surface area contributed by atoms with Crippen LogP contribution in [-0.4, -0.2) is 40.5 Å². The Morgan fingerprint density at radius 1 is 1.41 bits per heavy atom. The topological polar surface area (TPSA) is 83.6 Å². The maximum atomic E-state index is 12.0. The van der Waals surface area contributed by atoms with E-state index in [1.54, 1.807) is 18.7 Å². The predicted octanol–water partition coefficient (Wildman–Crippen LogP) is 0.683. The third-order valence-electron chi connectivity index (χ3n) is 3.67. The quantitative estimate of drug-likeness (QED) is 0.762. The molecule has 0 aliphatic carbocycles. The van der Waals surface area contributed by atoms with Gasteiger partial charge in [0.15, 0.2) is 0 Å². The minimum Gasteiger partial charge on any atom is -0.481 e. The fraction of sp³-hybridized carbons (Fsp3) is 0.833. The highest BCUT2D eigenvalue weighted by Gasteiger charge is 2.49. The molecule has 1 saturated heterocycles. The van der Waals surface area contributed by atoms with Gasteiger partial charge in [0.2, 0.25) is 5.91 Å². The number of carboxylic acids is 1. The monoisotopic (exact) mass is 242 g/mol. The Balaban J connectivity index is 2.88. The van der Waals surface area contributed by atoms with Crippen LogP contribution in [-0.2, 0) is 9.59 Å². The number of amides is 1. The van der Waals surface area contributed by atoms with Gasteiger partial charge in [0, 0.05) is 13.1 Å². The number of carbonyl (C=O) groups is 2. The number of nitrogens with two attached hydrogens (primary N) is 1. The van der Waals surface area contributed by atoms with Crippen LogP contribution in [0.3, 0.4) is 0 Å². The summed E-state index contributed by atoms with van der Waals surface area (Å²) in [5, 5.41) is 9.37. The first kappa shape index (κ1) is 14.0. The molecular formula is C12H22N2O3.